The van der Waals surface area contributed by atoms with Crippen LogP contribution in [-0.4, -0.2) is 23.2 Å². The van der Waals surface area contributed by atoms with E-state index in [-0.39, 0.29) is 23.8 Å². The number of halogens is 1. The summed E-state index contributed by atoms with van der Waals surface area (Å²) in [7, 11) is 0. The fraction of sp³-hybridized carbons (Fsp3) is 0.200. The van der Waals surface area contributed by atoms with Gasteiger partial charge in [0.15, 0.2) is 11.5 Å². The zero-order valence-electron chi connectivity index (χ0n) is 7.77. The van der Waals surface area contributed by atoms with Crippen molar-refractivity contribution in [1.82, 2.24) is 0 Å². The first-order valence-corrected chi connectivity index (χ1v) is 4.73. The Labute approximate surface area is 91.4 Å². The minimum absolute atomic E-state index is 0.0373. The van der Waals surface area contributed by atoms with Crippen LogP contribution in [0.1, 0.15) is 5.56 Å². The number of carbonyl (C=O) groups excluding carboxylic acids is 2. The van der Waals surface area contributed by atoms with Gasteiger partial charge in [0.1, 0.15) is 12.2 Å². The van der Waals surface area contributed by atoms with E-state index in [2.05, 4.69) is 0 Å². The number of rotatable bonds is 4. The van der Waals surface area contributed by atoms with Crippen molar-refractivity contribution in [1.29, 1.82) is 0 Å². The Morgan fingerprint density at radius 1 is 1.53 bits per heavy atom. The van der Waals surface area contributed by atoms with Crippen molar-refractivity contribution in [2.45, 2.75) is 6.42 Å². The SMILES string of the molecule is O=CCc1ccc(OC(=O)CCl)c(O)c1. The van der Waals surface area contributed by atoms with Gasteiger partial charge in [0.2, 0.25) is 0 Å². The average Bonchev–Trinajstić information content (AvgIpc) is 2.22. The fourth-order valence-electron chi connectivity index (χ4n) is 1.02. The molecule has 80 valence electrons. The third kappa shape index (κ3) is 3.25. The summed E-state index contributed by atoms with van der Waals surface area (Å²) in [5.41, 5.74) is 0.646. The van der Waals surface area contributed by atoms with Crippen LogP contribution in [0.15, 0.2) is 18.2 Å². The first-order chi connectivity index (χ1) is 7.17. The molecule has 0 unspecified atom stereocenters. The van der Waals surface area contributed by atoms with Crippen molar-refractivity contribution in [2.75, 3.05) is 5.88 Å². The standard InChI is InChI=1S/C10H9ClO4/c11-6-10(14)15-9-2-1-7(3-4-12)5-8(9)13/h1-2,4-5,13H,3,6H2. The zero-order chi connectivity index (χ0) is 11.3. The normalized spacial score (nSPS) is 9.67. The number of hydrogen-bond donors (Lipinski definition) is 1. The lowest BCUT2D eigenvalue weighted by Crippen LogP contribution is -2.09. The topological polar surface area (TPSA) is 63.6 Å². The van der Waals surface area contributed by atoms with Gasteiger partial charge in [0, 0.05) is 6.42 Å². The van der Waals surface area contributed by atoms with Gasteiger partial charge in [0.05, 0.1) is 0 Å². The number of hydrogen-bond acceptors (Lipinski definition) is 4. The van der Waals surface area contributed by atoms with E-state index in [1.165, 1.54) is 12.1 Å². The van der Waals surface area contributed by atoms with Gasteiger partial charge in [-0.1, -0.05) is 6.07 Å². The summed E-state index contributed by atoms with van der Waals surface area (Å²) >= 11 is 5.23. The van der Waals surface area contributed by atoms with Crippen LogP contribution >= 0.6 is 11.6 Å². The number of phenols is 1. The van der Waals surface area contributed by atoms with Gasteiger partial charge in [-0.2, -0.15) is 0 Å². The Hall–Kier alpha value is -1.55. The highest BCUT2D eigenvalue weighted by molar-refractivity contribution is 6.26. The monoisotopic (exact) mass is 228 g/mol. The van der Waals surface area contributed by atoms with Crippen molar-refractivity contribution in [2.24, 2.45) is 0 Å². The molecule has 1 rings (SSSR count). The van der Waals surface area contributed by atoms with E-state index in [1.54, 1.807) is 6.07 Å². The quantitative estimate of drug-likeness (QED) is 0.365. The number of carbonyl (C=O) groups is 2. The Bertz CT molecular complexity index is 376. The molecule has 0 aliphatic heterocycles. The Morgan fingerprint density at radius 3 is 2.80 bits per heavy atom. The molecule has 0 amide bonds. The Morgan fingerprint density at radius 2 is 2.27 bits per heavy atom. The van der Waals surface area contributed by atoms with E-state index in [9.17, 15) is 14.7 Å². The molecule has 0 atom stereocenters. The molecule has 5 heteroatoms. The molecule has 0 radical (unpaired) electrons. The number of benzene rings is 1. The highest BCUT2D eigenvalue weighted by atomic mass is 35.5. The summed E-state index contributed by atoms with van der Waals surface area (Å²) in [5, 5.41) is 9.43. The number of aldehydes is 1. The van der Waals surface area contributed by atoms with E-state index in [1.807, 2.05) is 0 Å². The lowest BCUT2D eigenvalue weighted by atomic mass is 10.1. The van der Waals surface area contributed by atoms with Crippen molar-refractivity contribution in [3.05, 3.63) is 23.8 Å². The molecule has 15 heavy (non-hydrogen) atoms. The van der Waals surface area contributed by atoms with E-state index in [4.69, 9.17) is 16.3 Å². The lowest BCUT2D eigenvalue weighted by Gasteiger charge is -2.05. The third-order valence-electron chi connectivity index (χ3n) is 1.68. The van der Waals surface area contributed by atoms with Crippen molar-refractivity contribution >= 4 is 23.9 Å². The third-order valence-corrected chi connectivity index (χ3v) is 1.89. The minimum atomic E-state index is -0.643. The van der Waals surface area contributed by atoms with Crippen molar-refractivity contribution in [3.63, 3.8) is 0 Å². The van der Waals surface area contributed by atoms with E-state index in [0.717, 1.165) is 6.29 Å². The second-order valence-corrected chi connectivity index (χ2v) is 3.05. The lowest BCUT2D eigenvalue weighted by molar-refractivity contribution is -0.131. The van der Waals surface area contributed by atoms with Gasteiger partial charge in [0.25, 0.3) is 0 Å². The fourth-order valence-corrected chi connectivity index (χ4v) is 1.08. The maximum atomic E-state index is 10.8. The Balaban J connectivity index is 2.83. The van der Waals surface area contributed by atoms with E-state index < -0.39 is 5.97 Å². The summed E-state index contributed by atoms with van der Waals surface area (Å²) < 4.78 is 4.72. The second-order valence-electron chi connectivity index (χ2n) is 2.78. The largest absolute Gasteiger partial charge is 0.504 e. The van der Waals surface area contributed by atoms with Crippen LogP contribution in [0.4, 0.5) is 0 Å². The molecule has 0 saturated carbocycles. The van der Waals surface area contributed by atoms with Crippen molar-refractivity contribution < 1.29 is 19.4 Å². The summed E-state index contributed by atoms with van der Waals surface area (Å²) in [6.07, 6.45) is 0.927. The summed E-state index contributed by atoms with van der Waals surface area (Å²) in [6.45, 7) is 0. The van der Waals surface area contributed by atoms with Gasteiger partial charge in [-0.3, -0.25) is 4.79 Å². The second kappa shape index (κ2) is 5.36. The zero-order valence-corrected chi connectivity index (χ0v) is 8.53. The molecule has 1 N–H and O–H groups in total. The van der Waals surface area contributed by atoms with E-state index in [0.29, 0.717) is 5.56 Å². The van der Waals surface area contributed by atoms with Gasteiger partial charge < -0.3 is 14.6 Å². The van der Waals surface area contributed by atoms with Crippen molar-refractivity contribution in [3.8, 4) is 11.5 Å². The number of esters is 1. The van der Waals surface area contributed by atoms with Gasteiger partial charge in [-0.15, -0.1) is 11.6 Å². The molecular formula is C10H9ClO4. The van der Waals surface area contributed by atoms with Crippen LogP contribution in [0.3, 0.4) is 0 Å². The molecule has 0 bridgehead atoms. The van der Waals surface area contributed by atoms with Crippen LogP contribution in [0.25, 0.3) is 0 Å². The molecule has 0 spiro atoms. The van der Waals surface area contributed by atoms with Gasteiger partial charge in [-0.25, -0.2) is 0 Å². The van der Waals surface area contributed by atoms with Crippen LogP contribution < -0.4 is 4.74 Å². The Kier molecular flexibility index (Phi) is 4.12. The number of aromatic hydroxyl groups is 1. The van der Waals surface area contributed by atoms with Crippen LogP contribution in [0, 0.1) is 0 Å². The molecule has 0 heterocycles. The molecule has 0 fully saturated rings. The molecule has 0 saturated heterocycles. The number of ether oxygens (including phenoxy) is 1. The van der Waals surface area contributed by atoms with Crippen LogP contribution in [-0.2, 0) is 16.0 Å². The highest BCUT2D eigenvalue weighted by Crippen LogP contribution is 2.26. The summed E-state index contributed by atoms with van der Waals surface area (Å²) in [4.78, 5) is 21.0. The van der Waals surface area contributed by atoms with Gasteiger partial charge in [-0.05, 0) is 17.7 Å². The molecule has 0 aromatic heterocycles. The highest BCUT2D eigenvalue weighted by Gasteiger charge is 2.08. The molecule has 0 aliphatic rings. The smallest absolute Gasteiger partial charge is 0.326 e. The molecule has 4 nitrogen and oxygen atoms in total. The predicted molar refractivity (Wildman–Crippen MR) is 54.2 cm³/mol. The summed E-state index contributed by atoms with van der Waals surface area (Å²) in [5.74, 6) is -1.08. The van der Waals surface area contributed by atoms with Crippen LogP contribution in [0.2, 0.25) is 0 Å². The van der Waals surface area contributed by atoms with Gasteiger partial charge >= 0.3 is 5.97 Å². The molecule has 1 aromatic carbocycles. The van der Waals surface area contributed by atoms with Crippen LogP contribution in [0.5, 0.6) is 11.5 Å². The minimum Gasteiger partial charge on any atom is -0.504 e. The molecule has 1 aromatic rings. The van der Waals surface area contributed by atoms with E-state index >= 15 is 0 Å². The maximum absolute atomic E-state index is 10.8. The average molecular weight is 229 g/mol. The molecule has 0 aliphatic carbocycles. The predicted octanol–water partition coefficient (Wildman–Crippen LogP) is 1.28. The summed E-state index contributed by atoms with van der Waals surface area (Å²) in [6, 6.07) is 4.37. The first-order valence-electron chi connectivity index (χ1n) is 4.19. The first kappa shape index (κ1) is 11.5. The number of phenolic OH excluding ortho intramolecular Hbond substituents is 1. The number of alkyl halides is 1. The molecular weight excluding hydrogens is 220 g/mol. The maximum Gasteiger partial charge on any atom is 0.326 e.